The van der Waals surface area contributed by atoms with Crippen LogP contribution in [-0.2, 0) is 9.53 Å². The fourth-order valence-electron chi connectivity index (χ4n) is 1.09. The molecule has 0 radical (unpaired) electrons. The Balaban J connectivity index is 4.99. The van der Waals surface area contributed by atoms with E-state index < -0.39 is 5.97 Å². The summed E-state index contributed by atoms with van der Waals surface area (Å²) in [6.07, 6.45) is 0.299. The molecule has 0 saturated carbocycles. The zero-order valence-corrected chi connectivity index (χ0v) is 9.41. The minimum Gasteiger partial charge on any atom is -0.461 e. The molecule has 5 nitrogen and oxygen atoms in total. The van der Waals surface area contributed by atoms with Crippen molar-refractivity contribution in [3.05, 3.63) is 11.3 Å². The highest BCUT2D eigenvalue weighted by Crippen LogP contribution is 2.08. The first kappa shape index (κ1) is 13.6. The Morgan fingerprint density at radius 3 is 2.53 bits per heavy atom. The van der Waals surface area contributed by atoms with Crippen LogP contribution in [0.2, 0.25) is 0 Å². The van der Waals surface area contributed by atoms with Crippen molar-refractivity contribution in [2.75, 3.05) is 20.3 Å². The molecule has 0 spiro atoms. The number of aliphatic hydroxyl groups is 1. The van der Waals surface area contributed by atoms with Crippen LogP contribution in [0.5, 0.6) is 0 Å². The van der Waals surface area contributed by atoms with Crippen molar-refractivity contribution < 1.29 is 14.6 Å². The van der Waals surface area contributed by atoms with Crippen molar-refractivity contribution >= 4 is 11.7 Å². The third-order valence-electron chi connectivity index (χ3n) is 1.95. The number of aliphatic imine (C=N–C) groups is 1. The van der Waals surface area contributed by atoms with Gasteiger partial charge in [-0.05, 0) is 20.3 Å². The molecule has 5 heteroatoms. The SMILES string of the molecule is CCOC(=O)/C(N)=C(\CCO)C(C)=NC. The first-order valence-electron chi connectivity index (χ1n) is 4.78. The van der Waals surface area contributed by atoms with Gasteiger partial charge >= 0.3 is 5.97 Å². The number of nitrogens with zero attached hydrogens (tertiary/aromatic N) is 1. The number of carbonyl (C=O) groups is 1. The third-order valence-corrected chi connectivity index (χ3v) is 1.95. The zero-order chi connectivity index (χ0) is 11.8. The van der Waals surface area contributed by atoms with Gasteiger partial charge in [-0.1, -0.05) is 0 Å². The van der Waals surface area contributed by atoms with Crippen molar-refractivity contribution in [1.29, 1.82) is 0 Å². The molecule has 3 N–H and O–H groups in total. The van der Waals surface area contributed by atoms with Gasteiger partial charge in [0.25, 0.3) is 0 Å². The lowest BCUT2D eigenvalue weighted by Gasteiger charge is -2.09. The monoisotopic (exact) mass is 214 g/mol. The second kappa shape index (κ2) is 7.00. The highest BCUT2D eigenvalue weighted by atomic mass is 16.5. The molecule has 0 heterocycles. The molecular weight excluding hydrogens is 196 g/mol. The summed E-state index contributed by atoms with van der Waals surface area (Å²) < 4.78 is 4.77. The molecule has 0 aliphatic heterocycles. The third kappa shape index (κ3) is 4.12. The summed E-state index contributed by atoms with van der Waals surface area (Å²) in [5.41, 5.74) is 6.82. The summed E-state index contributed by atoms with van der Waals surface area (Å²) in [6, 6.07) is 0. The Morgan fingerprint density at radius 2 is 2.13 bits per heavy atom. The summed E-state index contributed by atoms with van der Waals surface area (Å²) in [5, 5.41) is 8.84. The molecule has 0 saturated heterocycles. The Hall–Kier alpha value is -1.36. The molecule has 0 unspecified atom stereocenters. The number of carbonyl (C=O) groups excluding carboxylic acids is 1. The second-order valence-corrected chi connectivity index (χ2v) is 2.90. The van der Waals surface area contributed by atoms with E-state index in [9.17, 15) is 4.79 Å². The quantitative estimate of drug-likeness (QED) is 0.390. The molecule has 0 rings (SSSR count). The summed E-state index contributed by atoms with van der Waals surface area (Å²) in [6.45, 7) is 3.63. The standard InChI is InChI=1S/C10H18N2O3/c1-4-15-10(14)9(11)8(5-6-13)7(2)12-3/h13H,4-6,11H2,1-3H3/b9-8-,12-7?. The predicted molar refractivity (Wildman–Crippen MR) is 58.6 cm³/mol. The van der Waals surface area contributed by atoms with Crippen molar-refractivity contribution in [1.82, 2.24) is 0 Å². The van der Waals surface area contributed by atoms with Gasteiger partial charge in [0.2, 0.25) is 0 Å². The number of esters is 1. The number of nitrogens with two attached hydrogens (primary N) is 1. The average Bonchev–Trinajstić information content (AvgIpc) is 2.24. The lowest BCUT2D eigenvalue weighted by molar-refractivity contribution is -0.138. The molecule has 0 fully saturated rings. The first-order chi connectivity index (χ1) is 7.08. The lowest BCUT2D eigenvalue weighted by atomic mass is 10.1. The van der Waals surface area contributed by atoms with E-state index in [2.05, 4.69) is 4.99 Å². The molecule has 0 aliphatic rings. The van der Waals surface area contributed by atoms with Gasteiger partial charge in [0, 0.05) is 24.9 Å². The summed E-state index contributed by atoms with van der Waals surface area (Å²) in [7, 11) is 1.60. The number of hydrogen-bond acceptors (Lipinski definition) is 5. The maximum Gasteiger partial charge on any atom is 0.354 e. The van der Waals surface area contributed by atoms with Gasteiger partial charge in [0.15, 0.2) is 0 Å². The number of rotatable bonds is 5. The fraction of sp³-hybridized carbons (Fsp3) is 0.600. The summed E-state index contributed by atoms with van der Waals surface area (Å²) in [4.78, 5) is 15.3. The molecule has 0 aliphatic carbocycles. The Morgan fingerprint density at radius 1 is 1.53 bits per heavy atom. The smallest absolute Gasteiger partial charge is 0.354 e. The van der Waals surface area contributed by atoms with Crippen LogP contribution in [0.15, 0.2) is 16.3 Å². The molecule has 0 atom stereocenters. The number of aliphatic hydroxyl groups excluding tert-OH is 1. The van der Waals surface area contributed by atoms with Crippen molar-refractivity contribution in [2.24, 2.45) is 10.7 Å². The van der Waals surface area contributed by atoms with Gasteiger partial charge in [-0.3, -0.25) is 4.99 Å². The fourth-order valence-corrected chi connectivity index (χ4v) is 1.09. The van der Waals surface area contributed by atoms with Crippen LogP contribution >= 0.6 is 0 Å². The largest absolute Gasteiger partial charge is 0.461 e. The second-order valence-electron chi connectivity index (χ2n) is 2.90. The molecule has 0 aromatic carbocycles. The van der Waals surface area contributed by atoms with Crippen molar-refractivity contribution in [2.45, 2.75) is 20.3 Å². The molecule has 0 aromatic rings. The minimum absolute atomic E-state index is 0.0222. The van der Waals surface area contributed by atoms with E-state index in [-0.39, 0.29) is 18.9 Å². The maximum absolute atomic E-state index is 11.3. The number of ether oxygens (including phenoxy) is 1. The van der Waals surface area contributed by atoms with Gasteiger partial charge in [0.05, 0.1) is 6.61 Å². The molecule has 86 valence electrons. The van der Waals surface area contributed by atoms with Crippen LogP contribution in [0, 0.1) is 0 Å². The molecule has 0 aromatic heterocycles. The van der Waals surface area contributed by atoms with Gasteiger partial charge in [-0.25, -0.2) is 4.79 Å². The van der Waals surface area contributed by atoms with Gasteiger partial charge in [0.1, 0.15) is 5.70 Å². The summed E-state index contributed by atoms with van der Waals surface area (Å²) in [5.74, 6) is -0.566. The first-order valence-corrected chi connectivity index (χ1v) is 4.78. The lowest BCUT2D eigenvalue weighted by Crippen LogP contribution is -2.20. The van der Waals surface area contributed by atoms with E-state index in [1.807, 2.05) is 0 Å². The Labute approximate surface area is 89.6 Å². The zero-order valence-electron chi connectivity index (χ0n) is 9.41. The van der Waals surface area contributed by atoms with E-state index in [4.69, 9.17) is 15.6 Å². The maximum atomic E-state index is 11.3. The molecule has 0 amide bonds. The predicted octanol–water partition coefficient (Wildman–Crippen LogP) is 0.235. The van der Waals surface area contributed by atoms with Crippen molar-refractivity contribution in [3.8, 4) is 0 Å². The van der Waals surface area contributed by atoms with Crippen LogP contribution in [0.4, 0.5) is 0 Å². The van der Waals surface area contributed by atoms with Crippen LogP contribution in [0.25, 0.3) is 0 Å². The Bertz CT molecular complexity index is 282. The van der Waals surface area contributed by atoms with Crippen LogP contribution in [0.1, 0.15) is 20.3 Å². The van der Waals surface area contributed by atoms with Gasteiger partial charge in [-0.2, -0.15) is 0 Å². The van der Waals surface area contributed by atoms with E-state index in [0.717, 1.165) is 0 Å². The van der Waals surface area contributed by atoms with E-state index in [1.165, 1.54) is 0 Å². The van der Waals surface area contributed by atoms with Crippen LogP contribution in [0.3, 0.4) is 0 Å². The molecular formula is C10H18N2O3. The minimum atomic E-state index is -0.566. The highest BCUT2D eigenvalue weighted by molar-refractivity contribution is 6.05. The average molecular weight is 214 g/mol. The van der Waals surface area contributed by atoms with Gasteiger partial charge in [-0.15, -0.1) is 0 Å². The van der Waals surface area contributed by atoms with Crippen LogP contribution in [-0.4, -0.2) is 37.0 Å². The van der Waals surface area contributed by atoms with E-state index in [1.54, 1.807) is 20.9 Å². The van der Waals surface area contributed by atoms with E-state index in [0.29, 0.717) is 17.7 Å². The number of hydrogen-bond donors (Lipinski definition) is 2. The highest BCUT2D eigenvalue weighted by Gasteiger charge is 2.14. The van der Waals surface area contributed by atoms with Crippen molar-refractivity contribution in [3.63, 3.8) is 0 Å². The molecule has 15 heavy (non-hydrogen) atoms. The normalized spacial score (nSPS) is 13.5. The van der Waals surface area contributed by atoms with Crippen LogP contribution < -0.4 is 5.73 Å². The topological polar surface area (TPSA) is 84.9 Å². The Kier molecular flexibility index (Phi) is 6.37. The summed E-state index contributed by atoms with van der Waals surface area (Å²) >= 11 is 0. The van der Waals surface area contributed by atoms with E-state index >= 15 is 0 Å². The van der Waals surface area contributed by atoms with Gasteiger partial charge < -0.3 is 15.6 Å². The molecule has 0 bridgehead atoms.